The minimum Gasteiger partial charge on any atom is -0.338 e. The van der Waals surface area contributed by atoms with Gasteiger partial charge in [-0.3, -0.25) is 4.90 Å². The van der Waals surface area contributed by atoms with Crippen LogP contribution >= 0.6 is 0 Å². The molecule has 0 unspecified atom stereocenters. The monoisotopic (exact) mass is 516 g/mol. The van der Waals surface area contributed by atoms with Crippen LogP contribution in [0.2, 0.25) is 0 Å². The van der Waals surface area contributed by atoms with E-state index in [-0.39, 0.29) is 58.9 Å². The Morgan fingerprint density at radius 3 is 2.30 bits per heavy atom. The van der Waals surface area contributed by atoms with Gasteiger partial charge in [-0.2, -0.15) is 12.7 Å². The average molecular weight is 517 g/mol. The summed E-state index contributed by atoms with van der Waals surface area (Å²) in [6.45, 7) is 0.822. The van der Waals surface area contributed by atoms with E-state index in [0.29, 0.717) is 0 Å². The molecule has 0 spiro atoms. The number of sulfonamides is 2. The lowest BCUT2D eigenvalue weighted by atomic mass is 10.3. The van der Waals surface area contributed by atoms with Gasteiger partial charge in [0.05, 0.1) is 22.0 Å². The number of hydrogen-bond acceptors (Lipinski definition) is 8. The summed E-state index contributed by atoms with van der Waals surface area (Å²) in [5, 5.41) is 2.72. The van der Waals surface area contributed by atoms with E-state index < -0.39 is 35.7 Å². The van der Waals surface area contributed by atoms with Crippen LogP contribution in [0.15, 0.2) is 61.5 Å². The third-order valence-electron chi connectivity index (χ3n) is 5.33. The molecule has 2 aliphatic heterocycles. The fraction of sp³-hybridized carbons (Fsp3) is 0.316. The maximum atomic E-state index is 14.1. The van der Waals surface area contributed by atoms with Crippen LogP contribution in [-0.2, 0) is 29.9 Å². The standard InChI is InChI=1S/C19H21FN4O6S3/c1-31(25,26)14-4-2-5-15(12-14)33(29,30)24-10-8-23(9-11-24)13-18-21-19-16(20)6-3-7-17(19)32(27,28)22-18/h2-7,12H,8-11,13H2,1H3,(H,21,22). The van der Waals surface area contributed by atoms with Crippen LogP contribution in [0, 0.1) is 5.82 Å². The van der Waals surface area contributed by atoms with E-state index in [9.17, 15) is 29.6 Å². The molecule has 0 bridgehead atoms. The van der Waals surface area contributed by atoms with Gasteiger partial charge in [0.2, 0.25) is 10.0 Å². The smallest absolute Gasteiger partial charge is 0.286 e. The van der Waals surface area contributed by atoms with Crippen molar-refractivity contribution in [3.8, 4) is 0 Å². The zero-order valence-electron chi connectivity index (χ0n) is 17.5. The second kappa shape index (κ2) is 8.43. The third kappa shape index (κ3) is 4.80. The third-order valence-corrected chi connectivity index (χ3v) is 9.69. The maximum absolute atomic E-state index is 14.1. The largest absolute Gasteiger partial charge is 0.338 e. The number of halogens is 1. The van der Waals surface area contributed by atoms with Crippen LogP contribution in [-0.4, -0.2) is 79.3 Å². The fourth-order valence-electron chi connectivity index (χ4n) is 3.62. The van der Waals surface area contributed by atoms with Crippen LogP contribution in [0.1, 0.15) is 0 Å². The normalized spacial score (nSPS) is 19.4. The molecule has 33 heavy (non-hydrogen) atoms. The van der Waals surface area contributed by atoms with E-state index in [1.165, 1.54) is 34.6 Å². The Morgan fingerprint density at radius 2 is 1.64 bits per heavy atom. The molecule has 14 heteroatoms. The van der Waals surface area contributed by atoms with Crippen molar-refractivity contribution >= 4 is 41.4 Å². The Morgan fingerprint density at radius 1 is 1.00 bits per heavy atom. The van der Waals surface area contributed by atoms with Gasteiger partial charge in [0.1, 0.15) is 16.5 Å². The van der Waals surface area contributed by atoms with Crippen LogP contribution in [0.25, 0.3) is 0 Å². The molecule has 0 aliphatic carbocycles. The second-order valence-electron chi connectivity index (χ2n) is 7.68. The molecule has 0 radical (unpaired) electrons. The van der Waals surface area contributed by atoms with E-state index in [0.717, 1.165) is 18.4 Å². The quantitative estimate of drug-likeness (QED) is 0.616. The molecule has 178 valence electrons. The molecule has 1 fully saturated rings. The zero-order chi connectivity index (χ0) is 24.0. The molecule has 4 rings (SSSR count). The van der Waals surface area contributed by atoms with E-state index in [1.807, 2.05) is 0 Å². The first-order valence-corrected chi connectivity index (χ1v) is 14.6. The van der Waals surface area contributed by atoms with E-state index in [2.05, 4.69) is 9.71 Å². The van der Waals surface area contributed by atoms with Crippen LogP contribution in [0.4, 0.5) is 10.1 Å². The van der Waals surface area contributed by atoms with E-state index in [1.54, 1.807) is 4.90 Å². The molecular weight excluding hydrogens is 495 g/mol. The van der Waals surface area contributed by atoms with Gasteiger partial charge in [0.25, 0.3) is 10.0 Å². The summed E-state index contributed by atoms with van der Waals surface area (Å²) in [6, 6.07) is 8.89. The highest BCUT2D eigenvalue weighted by atomic mass is 32.2. The number of para-hydroxylation sites is 1. The number of hydrogen-bond donors (Lipinski definition) is 1. The van der Waals surface area contributed by atoms with Gasteiger partial charge in [-0.1, -0.05) is 12.1 Å². The number of anilines is 1. The number of sulfone groups is 1. The number of rotatable bonds is 5. The number of fused-ring (bicyclic) bond motifs is 1. The van der Waals surface area contributed by atoms with Gasteiger partial charge >= 0.3 is 0 Å². The fourth-order valence-corrected chi connectivity index (χ4v) is 6.98. The van der Waals surface area contributed by atoms with Crippen LogP contribution < -0.4 is 5.32 Å². The van der Waals surface area contributed by atoms with E-state index in [4.69, 9.17) is 0 Å². The number of amidine groups is 1. The van der Waals surface area contributed by atoms with Gasteiger partial charge in [0.15, 0.2) is 9.84 Å². The first-order valence-electron chi connectivity index (χ1n) is 9.80. The molecule has 2 aromatic rings. The molecule has 0 aromatic heterocycles. The summed E-state index contributed by atoms with van der Waals surface area (Å²) in [5.74, 6) is -0.666. The highest BCUT2D eigenvalue weighted by molar-refractivity contribution is 7.91. The molecule has 1 N–H and O–H groups in total. The van der Waals surface area contributed by atoms with Crippen molar-refractivity contribution in [3.05, 3.63) is 48.3 Å². The SMILES string of the molecule is CS(=O)(=O)c1cccc(S(=O)(=O)N2CCN(CC3=NS(=O)(=O)c4cccc(F)c4N3)CC2)c1. The van der Waals surface area contributed by atoms with Crippen molar-refractivity contribution in [2.45, 2.75) is 14.7 Å². The predicted octanol–water partition coefficient (Wildman–Crippen LogP) is 0.748. The van der Waals surface area contributed by atoms with Crippen molar-refractivity contribution in [1.82, 2.24) is 9.21 Å². The van der Waals surface area contributed by atoms with Crippen LogP contribution in [0.3, 0.4) is 0 Å². The average Bonchev–Trinajstić information content (AvgIpc) is 2.74. The van der Waals surface area contributed by atoms with Gasteiger partial charge in [-0.25, -0.2) is 21.2 Å². The Labute approximate surface area is 191 Å². The van der Waals surface area contributed by atoms with Gasteiger partial charge in [-0.15, -0.1) is 4.40 Å². The Bertz CT molecular complexity index is 1450. The summed E-state index contributed by atoms with van der Waals surface area (Å²) < 4.78 is 93.3. The Kier molecular flexibility index (Phi) is 6.07. The molecule has 0 atom stereocenters. The second-order valence-corrected chi connectivity index (χ2v) is 13.2. The summed E-state index contributed by atoms with van der Waals surface area (Å²) in [4.78, 5) is 1.36. The minimum atomic E-state index is -4.05. The van der Waals surface area contributed by atoms with E-state index >= 15 is 0 Å². The predicted molar refractivity (Wildman–Crippen MR) is 119 cm³/mol. The van der Waals surface area contributed by atoms with Crippen molar-refractivity contribution < 1.29 is 29.6 Å². The minimum absolute atomic E-state index is 0.0461. The first-order chi connectivity index (χ1) is 15.4. The summed E-state index contributed by atoms with van der Waals surface area (Å²) in [5.41, 5.74) is -0.158. The zero-order valence-corrected chi connectivity index (χ0v) is 19.9. The Balaban J connectivity index is 1.46. The molecule has 0 saturated carbocycles. The summed E-state index contributed by atoms with van der Waals surface area (Å²) in [6.07, 6.45) is 1.00. The molecule has 2 aromatic carbocycles. The topological polar surface area (TPSA) is 133 Å². The lowest BCUT2D eigenvalue weighted by Gasteiger charge is -2.34. The van der Waals surface area contributed by atoms with Crippen molar-refractivity contribution in [3.63, 3.8) is 0 Å². The molecular formula is C19H21FN4O6S3. The molecule has 1 saturated heterocycles. The highest BCUT2D eigenvalue weighted by Crippen LogP contribution is 2.29. The number of nitrogens with zero attached hydrogens (tertiary/aromatic N) is 3. The lowest BCUT2D eigenvalue weighted by Crippen LogP contribution is -2.50. The molecule has 0 amide bonds. The highest BCUT2D eigenvalue weighted by Gasteiger charge is 2.32. The maximum Gasteiger partial charge on any atom is 0.286 e. The number of nitrogens with one attached hydrogen (secondary N) is 1. The number of piperazine rings is 1. The first kappa shape index (κ1) is 23.8. The van der Waals surface area contributed by atoms with Crippen LogP contribution in [0.5, 0.6) is 0 Å². The van der Waals surface area contributed by atoms with Crippen molar-refractivity contribution in [2.24, 2.45) is 4.40 Å². The number of benzene rings is 2. The lowest BCUT2D eigenvalue weighted by molar-refractivity contribution is 0.209. The molecule has 2 heterocycles. The Hall–Kier alpha value is -2.39. The summed E-state index contributed by atoms with van der Waals surface area (Å²) >= 11 is 0. The molecule has 10 nitrogen and oxygen atoms in total. The van der Waals surface area contributed by atoms with Gasteiger partial charge in [-0.05, 0) is 30.3 Å². The summed E-state index contributed by atoms with van der Waals surface area (Å²) in [7, 11) is -11.5. The van der Waals surface area contributed by atoms with Gasteiger partial charge in [0, 0.05) is 32.4 Å². The van der Waals surface area contributed by atoms with Crippen molar-refractivity contribution in [1.29, 1.82) is 0 Å². The van der Waals surface area contributed by atoms with Crippen molar-refractivity contribution in [2.75, 3.05) is 44.3 Å². The molecule has 2 aliphatic rings. The van der Waals surface area contributed by atoms with Gasteiger partial charge < -0.3 is 5.32 Å².